The lowest BCUT2D eigenvalue weighted by atomic mass is 10.0. The van der Waals surface area contributed by atoms with Gasteiger partial charge in [0.05, 0.1) is 6.61 Å². The van der Waals surface area contributed by atoms with Crippen molar-refractivity contribution < 1.29 is 9.47 Å². The van der Waals surface area contributed by atoms with Gasteiger partial charge in [-0.05, 0) is 43.0 Å². The summed E-state index contributed by atoms with van der Waals surface area (Å²) in [4.78, 5) is 0. The van der Waals surface area contributed by atoms with Gasteiger partial charge < -0.3 is 14.8 Å². The second-order valence-electron chi connectivity index (χ2n) is 5.42. The third-order valence-electron chi connectivity index (χ3n) is 3.16. The predicted molar refractivity (Wildman–Crippen MR) is 85.1 cm³/mol. The molecule has 0 saturated carbocycles. The van der Waals surface area contributed by atoms with Crippen LogP contribution < -0.4 is 10.1 Å². The molecule has 0 spiro atoms. The zero-order valence-corrected chi connectivity index (χ0v) is 13.9. The summed E-state index contributed by atoms with van der Waals surface area (Å²) in [5.74, 6) is 1.32. The molecule has 3 nitrogen and oxygen atoms in total. The highest BCUT2D eigenvalue weighted by Crippen LogP contribution is 2.32. The molecule has 114 valence electrons. The van der Waals surface area contributed by atoms with E-state index in [0.717, 1.165) is 35.0 Å². The van der Waals surface area contributed by atoms with E-state index in [2.05, 4.69) is 26.1 Å². The minimum absolute atomic E-state index is 0.102. The lowest BCUT2D eigenvalue weighted by Crippen LogP contribution is -2.31. The Balaban J connectivity index is 2.68. The number of nitrogens with one attached hydrogen (secondary N) is 1. The Bertz CT molecular complexity index is 421. The van der Waals surface area contributed by atoms with Gasteiger partial charge in [0.15, 0.2) is 0 Å². The van der Waals surface area contributed by atoms with Crippen LogP contribution in [0.3, 0.4) is 0 Å². The fraction of sp³-hybridized carbons (Fsp3) is 0.625. The molecule has 0 bridgehead atoms. The van der Waals surface area contributed by atoms with Crippen molar-refractivity contribution >= 4 is 11.6 Å². The van der Waals surface area contributed by atoms with Crippen LogP contribution in [0.15, 0.2) is 12.1 Å². The van der Waals surface area contributed by atoms with Gasteiger partial charge >= 0.3 is 0 Å². The molecular formula is C16H26ClNO2. The largest absolute Gasteiger partial charge is 0.489 e. The summed E-state index contributed by atoms with van der Waals surface area (Å²) in [5.41, 5.74) is 2.20. The highest BCUT2D eigenvalue weighted by molar-refractivity contribution is 6.31. The first kappa shape index (κ1) is 17.3. The van der Waals surface area contributed by atoms with Crippen LogP contribution in [0.2, 0.25) is 5.02 Å². The molecule has 0 radical (unpaired) electrons. The van der Waals surface area contributed by atoms with Crippen molar-refractivity contribution in [3.63, 3.8) is 0 Å². The first-order chi connectivity index (χ1) is 9.45. The van der Waals surface area contributed by atoms with Gasteiger partial charge in [-0.25, -0.2) is 0 Å². The Kier molecular flexibility index (Phi) is 7.35. The van der Waals surface area contributed by atoms with Gasteiger partial charge in [0.2, 0.25) is 0 Å². The maximum Gasteiger partial charge on any atom is 0.123 e. The molecule has 0 heterocycles. The Hall–Kier alpha value is -0.770. The van der Waals surface area contributed by atoms with Crippen molar-refractivity contribution in [1.29, 1.82) is 0 Å². The van der Waals surface area contributed by atoms with E-state index < -0.39 is 0 Å². The minimum atomic E-state index is 0.102. The van der Waals surface area contributed by atoms with Gasteiger partial charge in [-0.3, -0.25) is 0 Å². The molecule has 0 aromatic heterocycles. The van der Waals surface area contributed by atoms with Gasteiger partial charge in [-0.15, -0.1) is 0 Å². The zero-order valence-electron chi connectivity index (χ0n) is 13.1. The maximum atomic E-state index is 6.20. The van der Waals surface area contributed by atoms with Crippen molar-refractivity contribution in [2.45, 2.75) is 39.7 Å². The van der Waals surface area contributed by atoms with E-state index in [1.165, 1.54) is 0 Å². The molecule has 1 unspecified atom stereocenters. The SMILES string of the molecule is COCCNCC(C)Oc1cc(C)c(Cl)cc1C(C)C. The molecule has 0 aliphatic heterocycles. The average Bonchev–Trinajstić information content (AvgIpc) is 2.38. The van der Waals surface area contributed by atoms with Crippen LogP contribution in [0, 0.1) is 6.92 Å². The highest BCUT2D eigenvalue weighted by Gasteiger charge is 2.13. The van der Waals surface area contributed by atoms with Crippen LogP contribution in [0.1, 0.15) is 37.8 Å². The smallest absolute Gasteiger partial charge is 0.123 e. The molecule has 4 heteroatoms. The van der Waals surface area contributed by atoms with Gasteiger partial charge in [0, 0.05) is 25.2 Å². The summed E-state index contributed by atoms with van der Waals surface area (Å²) in [6, 6.07) is 4.05. The normalized spacial score (nSPS) is 12.8. The second-order valence-corrected chi connectivity index (χ2v) is 5.83. The fourth-order valence-corrected chi connectivity index (χ4v) is 2.13. The molecule has 0 aliphatic carbocycles. The molecule has 1 atom stereocenters. The highest BCUT2D eigenvalue weighted by atomic mass is 35.5. The molecule has 0 amide bonds. The molecule has 0 fully saturated rings. The van der Waals surface area contributed by atoms with E-state index in [4.69, 9.17) is 21.1 Å². The quantitative estimate of drug-likeness (QED) is 0.741. The Morgan fingerprint density at radius 3 is 2.55 bits per heavy atom. The molecule has 0 saturated heterocycles. The van der Waals surface area contributed by atoms with Crippen LogP contribution in [0.4, 0.5) is 0 Å². The standard InChI is InChI=1S/C16H26ClNO2/c1-11(2)14-9-15(17)12(3)8-16(14)20-13(4)10-18-6-7-19-5/h8-9,11,13,18H,6-7,10H2,1-5H3. The average molecular weight is 300 g/mol. The first-order valence-electron chi connectivity index (χ1n) is 7.12. The van der Waals surface area contributed by atoms with Crippen molar-refractivity contribution in [3.8, 4) is 5.75 Å². The maximum absolute atomic E-state index is 6.20. The summed E-state index contributed by atoms with van der Waals surface area (Å²) in [6.45, 7) is 10.7. The van der Waals surface area contributed by atoms with Crippen molar-refractivity contribution in [2.75, 3.05) is 26.8 Å². The molecule has 0 aliphatic rings. The minimum Gasteiger partial charge on any atom is -0.489 e. The third kappa shape index (κ3) is 5.31. The van der Waals surface area contributed by atoms with Gasteiger partial charge in [-0.1, -0.05) is 25.4 Å². The second kappa shape index (κ2) is 8.50. The number of benzene rings is 1. The van der Waals surface area contributed by atoms with Crippen LogP contribution in [0.25, 0.3) is 0 Å². The number of methoxy groups -OCH3 is 1. The van der Waals surface area contributed by atoms with Crippen LogP contribution in [-0.4, -0.2) is 32.9 Å². The van der Waals surface area contributed by atoms with Gasteiger partial charge in [0.1, 0.15) is 11.9 Å². The van der Waals surface area contributed by atoms with Crippen molar-refractivity contribution in [1.82, 2.24) is 5.32 Å². The summed E-state index contributed by atoms with van der Waals surface area (Å²) in [6.07, 6.45) is 0.102. The number of ether oxygens (including phenoxy) is 2. The number of hydrogen-bond donors (Lipinski definition) is 1. The molecular weight excluding hydrogens is 274 g/mol. The van der Waals surface area contributed by atoms with Gasteiger partial charge in [-0.2, -0.15) is 0 Å². The van der Waals surface area contributed by atoms with E-state index in [9.17, 15) is 0 Å². The molecule has 1 rings (SSSR count). The molecule has 1 aromatic rings. The van der Waals surface area contributed by atoms with E-state index in [1.807, 2.05) is 19.1 Å². The van der Waals surface area contributed by atoms with Crippen LogP contribution in [-0.2, 0) is 4.74 Å². The van der Waals surface area contributed by atoms with E-state index in [-0.39, 0.29) is 6.10 Å². The number of halogens is 1. The zero-order chi connectivity index (χ0) is 15.1. The van der Waals surface area contributed by atoms with Crippen molar-refractivity contribution in [2.24, 2.45) is 0 Å². The topological polar surface area (TPSA) is 30.5 Å². The summed E-state index contributed by atoms with van der Waals surface area (Å²) < 4.78 is 11.1. The first-order valence-corrected chi connectivity index (χ1v) is 7.49. The van der Waals surface area contributed by atoms with E-state index >= 15 is 0 Å². The molecule has 20 heavy (non-hydrogen) atoms. The fourth-order valence-electron chi connectivity index (χ4n) is 1.96. The predicted octanol–water partition coefficient (Wildman–Crippen LogP) is 3.78. The third-order valence-corrected chi connectivity index (χ3v) is 3.56. The number of rotatable bonds is 8. The Labute approximate surface area is 127 Å². The Morgan fingerprint density at radius 1 is 1.25 bits per heavy atom. The lowest BCUT2D eigenvalue weighted by molar-refractivity contribution is 0.183. The van der Waals surface area contributed by atoms with Crippen LogP contribution >= 0.6 is 11.6 Å². The van der Waals surface area contributed by atoms with Gasteiger partial charge in [0.25, 0.3) is 0 Å². The van der Waals surface area contributed by atoms with Crippen LogP contribution in [0.5, 0.6) is 5.75 Å². The van der Waals surface area contributed by atoms with E-state index in [0.29, 0.717) is 12.5 Å². The van der Waals surface area contributed by atoms with Crippen molar-refractivity contribution in [3.05, 3.63) is 28.3 Å². The number of aryl methyl sites for hydroxylation is 1. The monoisotopic (exact) mass is 299 g/mol. The van der Waals surface area contributed by atoms with E-state index in [1.54, 1.807) is 7.11 Å². The summed E-state index contributed by atoms with van der Waals surface area (Å²) in [5, 5.41) is 4.10. The molecule has 1 aromatic carbocycles. The Morgan fingerprint density at radius 2 is 1.95 bits per heavy atom. The summed E-state index contributed by atoms with van der Waals surface area (Å²) in [7, 11) is 1.70. The molecule has 1 N–H and O–H groups in total. The number of hydrogen-bond acceptors (Lipinski definition) is 3. The summed E-state index contributed by atoms with van der Waals surface area (Å²) >= 11 is 6.20. The lowest BCUT2D eigenvalue weighted by Gasteiger charge is -2.20.